The van der Waals surface area contributed by atoms with Crippen molar-refractivity contribution in [1.82, 2.24) is 19.9 Å². The fourth-order valence-electron chi connectivity index (χ4n) is 2.44. The van der Waals surface area contributed by atoms with Crippen molar-refractivity contribution in [2.75, 3.05) is 0 Å². The molecule has 1 aromatic carbocycles. The maximum Gasteiger partial charge on any atom is 0.417 e. The first-order valence-electron chi connectivity index (χ1n) is 7.61. The molecule has 1 N–H and O–H groups in total. The Bertz CT molecular complexity index is 1050. The number of nitro benzene ring substituents is 1. The van der Waals surface area contributed by atoms with Gasteiger partial charge in [-0.3, -0.25) is 19.3 Å². The molecule has 0 fully saturated rings. The summed E-state index contributed by atoms with van der Waals surface area (Å²) in [5, 5.41) is 20.9. The second-order valence-electron chi connectivity index (χ2n) is 5.70. The molecule has 3 aromatic rings. The molecule has 140 valence electrons. The van der Waals surface area contributed by atoms with Crippen molar-refractivity contribution in [2.45, 2.75) is 19.6 Å². The zero-order valence-electron chi connectivity index (χ0n) is 13.8. The van der Waals surface area contributed by atoms with E-state index in [-0.39, 0.29) is 29.3 Å². The fraction of sp³-hybridized carbons (Fsp3) is 0.188. The summed E-state index contributed by atoms with van der Waals surface area (Å²) in [6.07, 6.45) is -3.69. The quantitative estimate of drug-likeness (QED) is 0.555. The summed E-state index contributed by atoms with van der Waals surface area (Å²) in [6, 6.07) is 6.05. The van der Waals surface area contributed by atoms with Crippen LogP contribution >= 0.6 is 0 Å². The Hall–Kier alpha value is -3.50. The van der Waals surface area contributed by atoms with Crippen molar-refractivity contribution in [2.24, 2.45) is 0 Å². The molecule has 2 heterocycles. The predicted molar refractivity (Wildman–Crippen MR) is 87.0 cm³/mol. The number of alkyl halides is 3. The van der Waals surface area contributed by atoms with Crippen LogP contribution in [0.25, 0.3) is 5.65 Å². The molecule has 0 radical (unpaired) electrons. The van der Waals surface area contributed by atoms with Gasteiger partial charge in [0.2, 0.25) is 0 Å². The number of halogens is 3. The highest BCUT2D eigenvalue weighted by atomic mass is 19.4. The average molecular weight is 379 g/mol. The number of hydrogen-bond donors (Lipinski definition) is 1. The molecule has 0 saturated carbocycles. The number of fused-ring (bicyclic) bond motifs is 1. The Morgan fingerprint density at radius 2 is 2.00 bits per heavy atom. The van der Waals surface area contributed by atoms with Gasteiger partial charge in [-0.25, -0.2) is 0 Å². The third-order valence-electron chi connectivity index (χ3n) is 3.88. The second-order valence-corrected chi connectivity index (χ2v) is 5.70. The number of benzene rings is 1. The van der Waals surface area contributed by atoms with Crippen molar-refractivity contribution in [3.8, 4) is 0 Å². The van der Waals surface area contributed by atoms with Crippen molar-refractivity contribution < 1.29 is 22.9 Å². The Morgan fingerprint density at radius 1 is 1.26 bits per heavy atom. The lowest BCUT2D eigenvalue weighted by Gasteiger charge is -2.08. The zero-order chi connectivity index (χ0) is 19.8. The molecule has 1 amide bonds. The van der Waals surface area contributed by atoms with Gasteiger partial charge in [0, 0.05) is 23.4 Å². The number of nitro groups is 1. The van der Waals surface area contributed by atoms with E-state index in [1.165, 1.54) is 18.2 Å². The van der Waals surface area contributed by atoms with Gasteiger partial charge in [-0.05, 0) is 25.1 Å². The number of nitrogens with one attached hydrogen (secondary N) is 1. The fourth-order valence-corrected chi connectivity index (χ4v) is 2.44. The highest BCUT2D eigenvalue weighted by molar-refractivity contribution is 5.94. The second kappa shape index (κ2) is 6.67. The van der Waals surface area contributed by atoms with Crippen molar-refractivity contribution >= 4 is 17.2 Å². The number of pyridine rings is 1. The van der Waals surface area contributed by atoms with Crippen LogP contribution in [-0.4, -0.2) is 25.4 Å². The number of nitrogens with zero attached hydrogens (tertiary/aromatic N) is 4. The number of amides is 1. The van der Waals surface area contributed by atoms with Gasteiger partial charge in [0.05, 0.1) is 17.0 Å². The van der Waals surface area contributed by atoms with E-state index >= 15 is 0 Å². The van der Waals surface area contributed by atoms with E-state index in [0.717, 1.165) is 22.7 Å². The van der Waals surface area contributed by atoms with E-state index in [0.29, 0.717) is 5.56 Å². The maximum absolute atomic E-state index is 12.8. The van der Waals surface area contributed by atoms with E-state index in [2.05, 4.69) is 15.5 Å². The molecule has 8 nitrogen and oxygen atoms in total. The lowest BCUT2D eigenvalue weighted by Crippen LogP contribution is -2.24. The van der Waals surface area contributed by atoms with Gasteiger partial charge in [-0.1, -0.05) is 6.07 Å². The number of carbonyl (C=O) groups is 1. The van der Waals surface area contributed by atoms with Crippen LogP contribution in [0.3, 0.4) is 0 Å². The van der Waals surface area contributed by atoms with E-state index in [4.69, 9.17) is 0 Å². The van der Waals surface area contributed by atoms with E-state index in [1.807, 2.05) is 0 Å². The molecule has 0 aliphatic carbocycles. The first-order valence-corrected chi connectivity index (χ1v) is 7.61. The summed E-state index contributed by atoms with van der Waals surface area (Å²) in [4.78, 5) is 22.6. The number of carbonyl (C=O) groups excluding carboxylic acids is 1. The minimum atomic E-state index is -4.53. The molecule has 0 bridgehead atoms. The summed E-state index contributed by atoms with van der Waals surface area (Å²) in [5.74, 6) is -0.534. The molecular weight excluding hydrogens is 367 g/mol. The molecule has 0 unspecified atom stereocenters. The summed E-state index contributed by atoms with van der Waals surface area (Å²) in [5.41, 5.74) is -0.433. The molecule has 27 heavy (non-hydrogen) atoms. The minimum absolute atomic E-state index is 0.0529. The summed E-state index contributed by atoms with van der Waals surface area (Å²) < 4.78 is 39.7. The smallest absolute Gasteiger partial charge is 0.345 e. The van der Waals surface area contributed by atoms with Gasteiger partial charge in [-0.15, -0.1) is 10.2 Å². The van der Waals surface area contributed by atoms with Crippen LogP contribution in [0, 0.1) is 17.0 Å². The van der Waals surface area contributed by atoms with Gasteiger partial charge in [0.25, 0.3) is 11.6 Å². The highest BCUT2D eigenvalue weighted by Gasteiger charge is 2.31. The average Bonchev–Trinajstić information content (AvgIpc) is 3.01. The van der Waals surface area contributed by atoms with Gasteiger partial charge in [-0.2, -0.15) is 13.2 Å². The van der Waals surface area contributed by atoms with Crippen LogP contribution in [-0.2, 0) is 12.7 Å². The van der Waals surface area contributed by atoms with Crippen LogP contribution in [0.5, 0.6) is 0 Å². The zero-order valence-corrected chi connectivity index (χ0v) is 13.8. The topological polar surface area (TPSA) is 102 Å². The number of hydrogen-bond acceptors (Lipinski definition) is 5. The van der Waals surface area contributed by atoms with E-state index in [9.17, 15) is 28.1 Å². The van der Waals surface area contributed by atoms with Crippen LogP contribution in [0.4, 0.5) is 18.9 Å². The highest BCUT2D eigenvalue weighted by Crippen LogP contribution is 2.29. The molecule has 0 aliphatic heterocycles. The van der Waals surface area contributed by atoms with Crippen LogP contribution in [0.2, 0.25) is 0 Å². The van der Waals surface area contributed by atoms with Gasteiger partial charge in [0.1, 0.15) is 0 Å². The van der Waals surface area contributed by atoms with E-state index in [1.54, 1.807) is 6.92 Å². The molecule has 11 heteroatoms. The normalized spacial score (nSPS) is 11.6. The van der Waals surface area contributed by atoms with Crippen molar-refractivity contribution in [1.29, 1.82) is 0 Å². The maximum atomic E-state index is 12.8. The largest absolute Gasteiger partial charge is 0.417 e. The molecule has 3 rings (SSSR count). The van der Waals surface area contributed by atoms with Crippen molar-refractivity contribution in [3.63, 3.8) is 0 Å². The lowest BCUT2D eigenvalue weighted by molar-refractivity contribution is -0.385. The Balaban J connectivity index is 1.81. The van der Waals surface area contributed by atoms with Crippen LogP contribution in [0.15, 0.2) is 36.5 Å². The number of aryl methyl sites for hydroxylation is 1. The van der Waals surface area contributed by atoms with Crippen molar-refractivity contribution in [3.05, 3.63) is 69.2 Å². The molecule has 0 spiro atoms. The monoisotopic (exact) mass is 379 g/mol. The first-order chi connectivity index (χ1) is 12.7. The summed E-state index contributed by atoms with van der Waals surface area (Å²) >= 11 is 0. The Morgan fingerprint density at radius 3 is 2.67 bits per heavy atom. The Labute approximate surface area is 149 Å². The minimum Gasteiger partial charge on any atom is -0.345 e. The number of aromatic nitrogens is 3. The summed E-state index contributed by atoms with van der Waals surface area (Å²) in [7, 11) is 0. The van der Waals surface area contributed by atoms with Crippen LogP contribution in [0.1, 0.15) is 27.3 Å². The third kappa shape index (κ3) is 3.71. The summed E-state index contributed by atoms with van der Waals surface area (Å²) in [6.45, 7) is 1.34. The molecular formula is C16H12F3N5O3. The van der Waals surface area contributed by atoms with Gasteiger partial charge < -0.3 is 5.32 Å². The molecule has 0 saturated heterocycles. The van der Waals surface area contributed by atoms with Crippen LogP contribution < -0.4 is 5.32 Å². The predicted octanol–water partition coefficient (Wildman–Crippen LogP) is 2.89. The molecule has 2 aromatic heterocycles. The molecule has 0 atom stereocenters. The Kier molecular flexibility index (Phi) is 4.52. The van der Waals surface area contributed by atoms with Gasteiger partial charge >= 0.3 is 6.18 Å². The number of rotatable bonds is 4. The third-order valence-corrected chi connectivity index (χ3v) is 3.88. The lowest BCUT2D eigenvalue weighted by atomic mass is 10.1. The molecule has 0 aliphatic rings. The SMILES string of the molecule is Cc1ccc(C(=O)NCc2nnc3ccc(C(F)(F)F)cn23)cc1[N+](=O)[O-]. The standard InChI is InChI=1S/C16H12F3N5O3/c1-9-2-3-10(6-12(9)24(26)27)15(25)20-7-14-22-21-13-5-4-11(8-23(13)14)16(17,18)19/h2-6,8H,7H2,1H3,(H,20,25). The van der Waals surface area contributed by atoms with E-state index < -0.39 is 22.6 Å². The first kappa shape index (κ1) is 18.3. The van der Waals surface area contributed by atoms with Gasteiger partial charge in [0.15, 0.2) is 11.5 Å².